The first-order valence-electron chi connectivity index (χ1n) is 16.6. The molecule has 2 fully saturated rings. The van der Waals surface area contributed by atoms with Gasteiger partial charge in [-0.15, -0.1) is 0 Å². The third-order valence-corrected chi connectivity index (χ3v) is 8.50. The van der Waals surface area contributed by atoms with Gasteiger partial charge in [-0.1, -0.05) is 56.3 Å². The number of hydrogen-bond donors (Lipinski definition) is 3. The molecule has 2 aromatic carbocycles. The normalized spacial score (nSPS) is 23.1. The van der Waals surface area contributed by atoms with Gasteiger partial charge in [0.05, 0.1) is 19.3 Å². The van der Waals surface area contributed by atoms with Crippen molar-refractivity contribution in [2.45, 2.75) is 109 Å². The molecule has 0 aromatic heterocycles. The lowest BCUT2D eigenvalue weighted by Crippen LogP contribution is -2.53. The Morgan fingerprint density at radius 1 is 0.979 bits per heavy atom. The van der Waals surface area contributed by atoms with Crippen molar-refractivity contribution in [3.8, 4) is 0 Å². The molecule has 12 nitrogen and oxygen atoms in total. The second kappa shape index (κ2) is 17.3. The molecule has 0 bridgehead atoms. The molecule has 3 amide bonds. The Hall–Kier alpha value is -3.90. The first kappa shape index (κ1) is 35.9. The van der Waals surface area contributed by atoms with Crippen LogP contribution in [0.15, 0.2) is 42.5 Å². The number of amides is 3. The number of nitrogens with one attached hydrogen (secondary N) is 3. The molecule has 0 saturated carbocycles. The summed E-state index contributed by atoms with van der Waals surface area (Å²) in [5.74, 6) is -1.46. The maximum atomic E-state index is 13.1. The second-order valence-corrected chi connectivity index (χ2v) is 12.8. The van der Waals surface area contributed by atoms with Crippen LogP contribution in [0.1, 0.15) is 77.7 Å². The summed E-state index contributed by atoms with van der Waals surface area (Å²) in [5.41, 5.74) is 0.972. The zero-order valence-electron chi connectivity index (χ0n) is 27.9. The van der Waals surface area contributed by atoms with Crippen LogP contribution < -0.4 is 16.0 Å². The van der Waals surface area contributed by atoms with Crippen molar-refractivity contribution in [1.29, 1.82) is 0 Å². The molecule has 5 atom stereocenters. The number of ether oxygens (including phenoxy) is 5. The molecule has 0 radical (unpaired) electrons. The van der Waals surface area contributed by atoms with E-state index in [0.29, 0.717) is 51.1 Å². The van der Waals surface area contributed by atoms with Crippen molar-refractivity contribution in [1.82, 2.24) is 16.0 Å². The maximum absolute atomic E-state index is 13.1. The summed E-state index contributed by atoms with van der Waals surface area (Å²) in [6.45, 7) is 6.62. The standard InChI is InChI=1S/C35H49N3O9/c1-23(2)16-18-36-33(41)44-22-28-12-8-17-35(47-28)20-29(19-27(46-35)14-15-31(39)38-24(3)32(40)43-4)45-34(42)37-21-26-11-7-10-25-9-5-6-13-30(25)26/h5-7,9-11,13,23-24,27-29H,8,12,14-22H2,1-4H3,(H,36,41)(H,37,42)(H,38,39)/t24-,27?,28?,29?,35?/m0/s1. The highest BCUT2D eigenvalue weighted by molar-refractivity contribution is 5.86. The fourth-order valence-electron chi connectivity index (χ4n) is 6.10. The van der Waals surface area contributed by atoms with E-state index in [-0.39, 0.29) is 18.9 Å². The van der Waals surface area contributed by atoms with E-state index >= 15 is 0 Å². The Morgan fingerprint density at radius 2 is 1.74 bits per heavy atom. The molecule has 12 heteroatoms. The van der Waals surface area contributed by atoms with Gasteiger partial charge in [-0.05, 0) is 54.9 Å². The summed E-state index contributed by atoms with van der Waals surface area (Å²) < 4.78 is 29.0. The number of rotatable bonds is 13. The molecule has 1 spiro atoms. The van der Waals surface area contributed by atoms with Gasteiger partial charge in [0.25, 0.3) is 0 Å². The van der Waals surface area contributed by atoms with Crippen molar-refractivity contribution >= 4 is 34.8 Å². The number of benzene rings is 2. The third-order valence-electron chi connectivity index (χ3n) is 8.50. The molecule has 258 valence electrons. The Bertz CT molecular complexity index is 1360. The van der Waals surface area contributed by atoms with Gasteiger partial charge < -0.3 is 39.6 Å². The Labute approximate surface area is 276 Å². The van der Waals surface area contributed by atoms with Crippen LogP contribution in [0.2, 0.25) is 0 Å². The Morgan fingerprint density at radius 3 is 2.53 bits per heavy atom. The van der Waals surface area contributed by atoms with Gasteiger partial charge in [-0.3, -0.25) is 4.79 Å². The monoisotopic (exact) mass is 655 g/mol. The molecule has 0 aliphatic carbocycles. The minimum Gasteiger partial charge on any atom is -0.467 e. The highest BCUT2D eigenvalue weighted by Gasteiger charge is 2.47. The fraction of sp³-hybridized carbons (Fsp3) is 0.600. The smallest absolute Gasteiger partial charge is 0.407 e. The van der Waals surface area contributed by atoms with E-state index in [1.54, 1.807) is 6.92 Å². The predicted octanol–water partition coefficient (Wildman–Crippen LogP) is 5.11. The molecular weight excluding hydrogens is 606 g/mol. The summed E-state index contributed by atoms with van der Waals surface area (Å²) in [6, 6.07) is 13.1. The van der Waals surface area contributed by atoms with Crippen LogP contribution in [-0.4, -0.2) is 74.5 Å². The quantitative estimate of drug-likeness (QED) is 0.198. The number of fused-ring (bicyclic) bond motifs is 1. The molecule has 3 N–H and O–H groups in total. The lowest BCUT2D eigenvalue weighted by atomic mass is 9.90. The molecule has 2 heterocycles. The van der Waals surface area contributed by atoms with E-state index < -0.39 is 48.3 Å². The van der Waals surface area contributed by atoms with E-state index in [1.807, 2.05) is 42.5 Å². The molecule has 4 rings (SSSR count). The van der Waals surface area contributed by atoms with Crippen LogP contribution in [0.4, 0.5) is 9.59 Å². The third kappa shape index (κ3) is 11.1. The van der Waals surface area contributed by atoms with Gasteiger partial charge in [0, 0.05) is 38.8 Å². The minimum absolute atomic E-state index is 0.0636. The van der Waals surface area contributed by atoms with Crippen molar-refractivity contribution in [2.24, 2.45) is 5.92 Å². The molecule has 2 aliphatic heterocycles. The van der Waals surface area contributed by atoms with Gasteiger partial charge in [-0.2, -0.15) is 0 Å². The largest absolute Gasteiger partial charge is 0.467 e. The SMILES string of the molecule is COC(=O)[C@H](C)NC(=O)CCC1CC(OC(=O)NCc2cccc3ccccc23)CC2(CCCC(COC(=O)NCCC(C)C)O2)O1. The van der Waals surface area contributed by atoms with Gasteiger partial charge in [0.2, 0.25) is 5.91 Å². The molecule has 2 aliphatic rings. The fourth-order valence-corrected chi connectivity index (χ4v) is 6.10. The lowest BCUT2D eigenvalue weighted by molar-refractivity contribution is -0.329. The van der Waals surface area contributed by atoms with Crippen LogP contribution in [-0.2, 0) is 39.8 Å². The van der Waals surface area contributed by atoms with Crippen LogP contribution in [0, 0.1) is 5.92 Å². The number of methoxy groups -OCH3 is 1. The highest BCUT2D eigenvalue weighted by Crippen LogP contribution is 2.41. The average molecular weight is 656 g/mol. The minimum atomic E-state index is -1.07. The van der Waals surface area contributed by atoms with E-state index in [1.165, 1.54) is 7.11 Å². The molecule has 47 heavy (non-hydrogen) atoms. The highest BCUT2D eigenvalue weighted by atomic mass is 16.7. The first-order chi connectivity index (χ1) is 22.6. The van der Waals surface area contributed by atoms with E-state index in [9.17, 15) is 19.2 Å². The van der Waals surface area contributed by atoms with Crippen molar-refractivity contribution < 1.29 is 42.9 Å². The number of hydrogen-bond acceptors (Lipinski definition) is 9. The first-order valence-corrected chi connectivity index (χ1v) is 16.6. The lowest BCUT2D eigenvalue weighted by Gasteiger charge is -2.47. The van der Waals surface area contributed by atoms with E-state index in [2.05, 4.69) is 29.8 Å². The average Bonchev–Trinajstić information content (AvgIpc) is 3.04. The molecule has 2 aromatic rings. The van der Waals surface area contributed by atoms with Crippen LogP contribution >= 0.6 is 0 Å². The maximum Gasteiger partial charge on any atom is 0.407 e. The zero-order chi connectivity index (χ0) is 33.8. The summed E-state index contributed by atoms with van der Waals surface area (Å²) in [5, 5.41) is 10.4. The van der Waals surface area contributed by atoms with Crippen molar-refractivity contribution in [3.63, 3.8) is 0 Å². The van der Waals surface area contributed by atoms with Crippen LogP contribution in [0.5, 0.6) is 0 Å². The molecule has 4 unspecified atom stereocenters. The summed E-state index contributed by atoms with van der Waals surface area (Å²) in [7, 11) is 1.26. The zero-order valence-corrected chi connectivity index (χ0v) is 27.9. The summed E-state index contributed by atoms with van der Waals surface area (Å²) in [6.07, 6.45) is 1.47. The number of carbonyl (C=O) groups excluding carboxylic acids is 4. The van der Waals surface area contributed by atoms with E-state index in [4.69, 9.17) is 23.7 Å². The predicted molar refractivity (Wildman–Crippen MR) is 174 cm³/mol. The Balaban J connectivity index is 1.38. The molecule has 2 saturated heterocycles. The van der Waals surface area contributed by atoms with Gasteiger partial charge >= 0.3 is 18.2 Å². The van der Waals surface area contributed by atoms with Crippen LogP contribution in [0.3, 0.4) is 0 Å². The van der Waals surface area contributed by atoms with Crippen molar-refractivity contribution in [2.75, 3.05) is 20.3 Å². The van der Waals surface area contributed by atoms with Gasteiger partial charge in [0.1, 0.15) is 18.8 Å². The van der Waals surface area contributed by atoms with Gasteiger partial charge in [0.15, 0.2) is 5.79 Å². The summed E-state index contributed by atoms with van der Waals surface area (Å²) in [4.78, 5) is 49.7. The van der Waals surface area contributed by atoms with Gasteiger partial charge in [-0.25, -0.2) is 14.4 Å². The molecular formula is C35H49N3O9. The Kier molecular flexibility index (Phi) is 13.2. The summed E-state index contributed by atoms with van der Waals surface area (Å²) >= 11 is 0. The number of esters is 1. The van der Waals surface area contributed by atoms with E-state index in [0.717, 1.165) is 29.2 Å². The number of carbonyl (C=O) groups is 4. The number of alkyl carbamates (subject to hydrolysis) is 2. The van der Waals surface area contributed by atoms with Crippen molar-refractivity contribution in [3.05, 3.63) is 48.0 Å². The second-order valence-electron chi connectivity index (χ2n) is 12.8. The van der Waals surface area contributed by atoms with Crippen LogP contribution in [0.25, 0.3) is 10.8 Å². The topological polar surface area (TPSA) is 151 Å².